The van der Waals surface area contributed by atoms with Crippen molar-refractivity contribution in [2.45, 2.75) is 31.5 Å². The van der Waals surface area contributed by atoms with Gasteiger partial charge in [-0.2, -0.15) is 0 Å². The van der Waals surface area contributed by atoms with Gasteiger partial charge in [-0.1, -0.05) is 30.3 Å². The minimum atomic E-state index is -0.795. The molecule has 3 heterocycles. The van der Waals surface area contributed by atoms with Crippen LogP contribution >= 0.6 is 0 Å². The van der Waals surface area contributed by atoms with Crippen LogP contribution in [0.5, 0.6) is 23.0 Å². The van der Waals surface area contributed by atoms with Crippen LogP contribution < -0.4 is 24.8 Å². The lowest BCUT2D eigenvalue weighted by atomic mass is 9.98. The summed E-state index contributed by atoms with van der Waals surface area (Å²) in [4.78, 5) is 41.3. The van der Waals surface area contributed by atoms with Crippen LogP contribution in [0.1, 0.15) is 27.9 Å². The van der Waals surface area contributed by atoms with Gasteiger partial charge < -0.3 is 34.9 Å². The van der Waals surface area contributed by atoms with E-state index in [1.165, 1.54) is 12.1 Å². The predicted molar refractivity (Wildman–Crippen MR) is 171 cm³/mol. The number of phenolic OH excluding ortho intramolecular Hbond substituents is 1. The molecule has 2 atom stereocenters. The maximum Gasteiger partial charge on any atom is 0.258 e. The molecule has 0 radical (unpaired) electrons. The summed E-state index contributed by atoms with van der Waals surface area (Å²) in [7, 11) is 1.54. The number of benzene rings is 4. The highest BCUT2D eigenvalue weighted by atomic mass is 19.1. The Balaban J connectivity index is 1.30. The lowest BCUT2D eigenvalue weighted by Gasteiger charge is -2.39. The largest absolute Gasteiger partial charge is 0.505 e. The van der Waals surface area contributed by atoms with Crippen molar-refractivity contribution in [3.05, 3.63) is 107 Å². The first-order chi connectivity index (χ1) is 22.7. The fourth-order valence-corrected chi connectivity index (χ4v) is 5.72. The van der Waals surface area contributed by atoms with Crippen molar-refractivity contribution in [2.75, 3.05) is 26.8 Å². The third-order valence-electron chi connectivity index (χ3n) is 8.26. The summed E-state index contributed by atoms with van der Waals surface area (Å²) in [5.74, 6) is -0.557. The molecule has 0 aliphatic carbocycles. The van der Waals surface area contributed by atoms with E-state index >= 15 is 0 Å². The second kappa shape index (κ2) is 13.8. The number of carbonyl (C=O) groups is 3. The van der Waals surface area contributed by atoms with Gasteiger partial charge in [0.05, 0.1) is 19.6 Å². The molecular formula is C36H34FN3O7. The lowest BCUT2D eigenvalue weighted by Crippen LogP contribution is -2.58. The topological polar surface area (TPSA) is 126 Å². The molecule has 4 aromatic rings. The number of hydrogen-bond donors (Lipinski definition) is 3. The second-order valence-corrected chi connectivity index (χ2v) is 11.5. The van der Waals surface area contributed by atoms with Crippen molar-refractivity contribution in [3.63, 3.8) is 0 Å². The van der Waals surface area contributed by atoms with Gasteiger partial charge in [-0.05, 0) is 71.3 Å². The average molecular weight is 640 g/mol. The number of hydrogen-bond acceptors (Lipinski definition) is 7. The monoisotopic (exact) mass is 639 g/mol. The minimum absolute atomic E-state index is 0.0635. The summed E-state index contributed by atoms with van der Waals surface area (Å²) in [6, 6.07) is 22.9. The molecule has 3 N–H and O–H groups in total. The average Bonchev–Trinajstić information content (AvgIpc) is 3.08. The van der Waals surface area contributed by atoms with Gasteiger partial charge in [0.2, 0.25) is 5.91 Å². The van der Waals surface area contributed by atoms with E-state index in [1.807, 2.05) is 18.2 Å². The molecule has 11 heteroatoms. The van der Waals surface area contributed by atoms with E-state index in [2.05, 4.69) is 10.6 Å². The number of fused-ring (bicyclic) bond motifs is 7. The SMILES string of the molecule is COc1ccc2cc1-c1cccc(c1)OCC(=O)NCc1ccc(cc1)O[C@@H]1CCN(C(=O)Cc3ccc(O)c(F)c3)C[C@H]1NC2=O. The number of nitrogens with zero attached hydrogens (tertiary/aromatic N) is 1. The fraction of sp³-hybridized carbons (Fsp3) is 0.250. The normalized spacial score (nSPS) is 18.1. The van der Waals surface area contributed by atoms with E-state index in [0.717, 1.165) is 17.2 Å². The first-order valence-corrected chi connectivity index (χ1v) is 15.3. The Morgan fingerprint density at radius 3 is 2.62 bits per heavy atom. The summed E-state index contributed by atoms with van der Waals surface area (Å²) >= 11 is 0. The number of nitrogens with one attached hydrogen (secondary N) is 2. The van der Waals surface area contributed by atoms with Crippen molar-refractivity contribution in [3.8, 4) is 34.1 Å². The van der Waals surface area contributed by atoms with E-state index < -0.39 is 23.7 Å². The van der Waals surface area contributed by atoms with Crippen LogP contribution in [0.25, 0.3) is 11.1 Å². The van der Waals surface area contributed by atoms with Gasteiger partial charge in [0.15, 0.2) is 18.2 Å². The first-order valence-electron chi connectivity index (χ1n) is 15.3. The Labute approximate surface area is 271 Å². The molecule has 3 amide bonds. The molecule has 7 rings (SSSR count). The molecule has 0 unspecified atom stereocenters. The van der Waals surface area contributed by atoms with Crippen LogP contribution in [0.2, 0.25) is 0 Å². The van der Waals surface area contributed by atoms with Crippen LogP contribution in [0.15, 0.2) is 84.9 Å². The Morgan fingerprint density at radius 2 is 1.83 bits per heavy atom. The molecule has 0 spiro atoms. The number of piperidine rings is 1. The fourth-order valence-electron chi connectivity index (χ4n) is 5.72. The summed E-state index contributed by atoms with van der Waals surface area (Å²) in [5, 5.41) is 15.5. The van der Waals surface area contributed by atoms with Gasteiger partial charge in [0.25, 0.3) is 11.8 Å². The lowest BCUT2D eigenvalue weighted by molar-refractivity contribution is -0.133. The standard InChI is InChI=1S/C36H34FN3O7/c1-45-32-12-8-25-18-28(32)24-3-2-4-27(17-24)46-21-34(42)38-19-22-5-9-26(10-6-22)47-33-13-14-40(20-30(33)39-36(25)44)35(43)16-23-7-11-31(41)29(37)15-23/h2-12,15,17-18,30,33,41H,13-14,16,19-21H2,1H3,(H,38,42)(H,39,44)/t30-,33-/m1/s1. The van der Waals surface area contributed by atoms with E-state index in [9.17, 15) is 23.9 Å². The van der Waals surface area contributed by atoms with Gasteiger partial charge in [0, 0.05) is 37.2 Å². The molecule has 10 nitrogen and oxygen atoms in total. The molecule has 0 saturated carbocycles. The van der Waals surface area contributed by atoms with E-state index in [1.54, 1.807) is 60.5 Å². The minimum Gasteiger partial charge on any atom is -0.505 e. The third kappa shape index (κ3) is 7.46. The zero-order valence-corrected chi connectivity index (χ0v) is 25.7. The highest BCUT2D eigenvalue weighted by Gasteiger charge is 2.34. The quantitative estimate of drug-likeness (QED) is 0.306. The molecule has 3 aliphatic rings. The Morgan fingerprint density at radius 1 is 1.00 bits per heavy atom. The number of phenols is 1. The second-order valence-electron chi connectivity index (χ2n) is 11.5. The smallest absolute Gasteiger partial charge is 0.258 e. The first kappa shape index (κ1) is 31.4. The number of methoxy groups -OCH3 is 1. The maximum absolute atomic E-state index is 13.9. The van der Waals surface area contributed by atoms with Crippen molar-refractivity contribution in [1.29, 1.82) is 0 Å². The molecule has 1 fully saturated rings. The van der Waals surface area contributed by atoms with Crippen LogP contribution in [0.3, 0.4) is 0 Å². The number of rotatable bonds is 3. The van der Waals surface area contributed by atoms with Crippen molar-refractivity contribution in [1.82, 2.24) is 15.5 Å². The molecule has 6 bridgehead atoms. The van der Waals surface area contributed by atoms with Crippen molar-refractivity contribution >= 4 is 17.7 Å². The van der Waals surface area contributed by atoms with Gasteiger partial charge >= 0.3 is 0 Å². The maximum atomic E-state index is 13.9. The van der Waals surface area contributed by atoms with Crippen LogP contribution in [-0.4, -0.2) is 66.7 Å². The molecule has 0 aromatic heterocycles. The molecule has 1 saturated heterocycles. The zero-order valence-electron chi connectivity index (χ0n) is 25.7. The van der Waals surface area contributed by atoms with Crippen LogP contribution in [-0.2, 0) is 22.6 Å². The molecule has 242 valence electrons. The van der Waals surface area contributed by atoms with Crippen molar-refractivity contribution in [2.24, 2.45) is 0 Å². The number of likely N-dealkylation sites (tertiary alicyclic amines) is 1. The summed E-state index contributed by atoms with van der Waals surface area (Å²) in [5.41, 5.74) is 3.04. The van der Waals surface area contributed by atoms with E-state index in [0.29, 0.717) is 53.4 Å². The van der Waals surface area contributed by atoms with Gasteiger partial charge in [-0.25, -0.2) is 4.39 Å². The van der Waals surface area contributed by atoms with Crippen LogP contribution in [0, 0.1) is 5.82 Å². The Bertz CT molecular complexity index is 1800. The number of amides is 3. The molecular weight excluding hydrogens is 605 g/mol. The molecule has 47 heavy (non-hydrogen) atoms. The van der Waals surface area contributed by atoms with Gasteiger partial charge in [0.1, 0.15) is 23.4 Å². The van der Waals surface area contributed by atoms with E-state index in [4.69, 9.17) is 14.2 Å². The third-order valence-corrected chi connectivity index (χ3v) is 8.26. The molecule has 4 aromatic carbocycles. The van der Waals surface area contributed by atoms with Gasteiger partial charge in [-0.15, -0.1) is 0 Å². The highest BCUT2D eigenvalue weighted by Crippen LogP contribution is 2.33. The van der Waals surface area contributed by atoms with Gasteiger partial charge in [-0.3, -0.25) is 14.4 Å². The Hall–Kier alpha value is -5.58. The predicted octanol–water partition coefficient (Wildman–Crippen LogP) is 4.24. The number of aromatic hydroxyl groups is 1. The zero-order chi connectivity index (χ0) is 32.9. The van der Waals surface area contributed by atoms with Crippen molar-refractivity contribution < 1.29 is 38.1 Å². The number of halogens is 1. The number of ether oxygens (including phenoxy) is 3. The van der Waals surface area contributed by atoms with Crippen LogP contribution in [0.4, 0.5) is 4.39 Å². The summed E-state index contributed by atoms with van der Waals surface area (Å²) in [6.45, 7) is 0.670. The Kier molecular flexibility index (Phi) is 9.23. The highest BCUT2D eigenvalue weighted by molar-refractivity contribution is 5.96. The number of carbonyl (C=O) groups excluding carboxylic acids is 3. The summed E-state index contributed by atoms with van der Waals surface area (Å²) < 4.78 is 31.7. The van der Waals surface area contributed by atoms with E-state index in [-0.39, 0.29) is 37.3 Å². The molecule has 3 aliphatic heterocycles. The summed E-state index contributed by atoms with van der Waals surface area (Å²) in [6.07, 6.45) is -0.0951.